The lowest BCUT2D eigenvalue weighted by molar-refractivity contribution is -0.160. The maximum absolute atomic E-state index is 14.1. The summed E-state index contributed by atoms with van der Waals surface area (Å²) in [6.07, 6.45) is 8.58. The van der Waals surface area contributed by atoms with Gasteiger partial charge in [0.1, 0.15) is 5.82 Å². The van der Waals surface area contributed by atoms with Gasteiger partial charge in [-0.15, -0.1) is 0 Å². The lowest BCUT2D eigenvalue weighted by Crippen LogP contribution is -2.61. The van der Waals surface area contributed by atoms with Crippen LogP contribution in [0.2, 0.25) is 0 Å². The molecular weight excluding hydrogens is 450 g/mol. The summed E-state index contributed by atoms with van der Waals surface area (Å²) in [5.74, 6) is 2.27. The molecular formula is C30H37N3O3. The Morgan fingerprint density at radius 3 is 2.28 bits per heavy atom. The maximum Gasteiger partial charge on any atom is 0.339 e. The van der Waals surface area contributed by atoms with Crippen LogP contribution in [0.1, 0.15) is 66.9 Å². The second-order valence-corrected chi connectivity index (χ2v) is 11.8. The smallest absolute Gasteiger partial charge is 0.339 e. The number of nitrogens with zero attached hydrogens (tertiary/aromatic N) is 3. The highest BCUT2D eigenvalue weighted by molar-refractivity contribution is 5.89. The zero-order valence-electron chi connectivity index (χ0n) is 21.5. The van der Waals surface area contributed by atoms with Crippen molar-refractivity contribution in [2.45, 2.75) is 57.8 Å². The molecule has 2 aromatic rings. The van der Waals surface area contributed by atoms with Crippen molar-refractivity contribution < 1.29 is 14.3 Å². The van der Waals surface area contributed by atoms with Crippen molar-refractivity contribution in [3.05, 3.63) is 59.3 Å². The maximum atomic E-state index is 14.1. The highest BCUT2D eigenvalue weighted by Crippen LogP contribution is 2.66. The first-order valence-electron chi connectivity index (χ1n) is 13.6. The first-order chi connectivity index (χ1) is 17.4. The third-order valence-electron chi connectivity index (χ3n) is 9.33. The standard InChI is InChI=1S/C30H37N3O3/c1-3-36-27(34)24-6-9-26(31-19-24)32-10-12-33(13-11-32)28(35)30-17-22-14-23(18-30)16-29(15-22,20-30)25-7-4-21(2)5-8-25/h4-9,19,22-23H,3,10-18,20H2,1-2H3. The van der Waals surface area contributed by atoms with E-state index in [1.165, 1.54) is 30.4 Å². The predicted molar refractivity (Wildman–Crippen MR) is 139 cm³/mol. The molecule has 4 saturated carbocycles. The number of pyridine rings is 1. The molecule has 0 radical (unpaired) electrons. The number of ether oxygens (including phenoxy) is 1. The first-order valence-corrected chi connectivity index (χ1v) is 13.6. The number of aryl methyl sites for hydroxylation is 1. The Labute approximate surface area is 214 Å². The van der Waals surface area contributed by atoms with E-state index < -0.39 is 0 Å². The fourth-order valence-corrected chi connectivity index (χ4v) is 8.14. The van der Waals surface area contributed by atoms with E-state index in [0.29, 0.717) is 29.9 Å². The fraction of sp³-hybridized carbons (Fsp3) is 0.567. The lowest BCUT2D eigenvalue weighted by atomic mass is 9.42. The van der Waals surface area contributed by atoms with Crippen LogP contribution in [-0.2, 0) is 14.9 Å². The quantitative estimate of drug-likeness (QED) is 0.570. The molecule has 4 aliphatic carbocycles. The van der Waals surface area contributed by atoms with Gasteiger partial charge in [0.2, 0.25) is 5.91 Å². The van der Waals surface area contributed by atoms with Crippen molar-refractivity contribution in [3.8, 4) is 0 Å². The van der Waals surface area contributed by atoms with Crippen molar-refractivity contribution in [2.75, 3.05) is 37.7 Å². The van der Waals surface area contributed by atoms with Crippen molar-refractivity contribution in [1.82, 2.24) is 9.88 Å². The van der Waals surface area contributed by atoms with E-state index in [-0.39, 0.29) is 16.8 Å². The number of rotatable bonds is 5. The number of hydrogen-bond donors (Lipinski definition) is 0. The lowest BCUT2D eigenvalue weighted by Gasteiger charge is -2.62. The molecule has 0 spiro atoms. The molecule has 2 atom stereocenters. The topological polar surface area (TPSA) is 62.7 Å². The van der Waals surface area contributed by atoms with Gasteiger partial charge in [-0.1, -0.05) is 29.8 Å². The molecule has 190 valence electrons. The molecule has 1 aliphatic heterocycles. The SMILES string of the molecule is CCOC(=O)c1ccc(N2CCN(C(=O)C34CC5CC(C3)CC(c3ccc(C)cc3)(C5)C4)CC2)nc1. The highest BCUT2D eigenvalue weighted by atomic mass is 16.5. The van der Waals surface area contributed by atoms with Gasteiger partial charge < -0.3 is 14.5 Å². The van der Waals surface area contributed by atoms with Gasteiger partial charge in [0.05, 0.1) is 17.6 Å². The van der Waals surface area contributed by atoms with Crippen LogP contribution < -0.4 is 4.90 Å². The van der Waals surface area contributed by atoms with E-state index in [9.17, 15) is 9.59 Å². The normalized spacial score (nSPS) is 30.9. The Morgan fingerprint density at radius 1 is 0.972 bits per heavy atom. The minimum absolute atomic E-state index is 0.180. The molecule has 2 heterocycles. The molecule has 5 aliphatic rings. The van der Waals surface area contributed by atoms with Crippen LogP contribution in [0, 0.1) is 24.2 Å². The molecule has 4 bridgehead atoms. The summed E-state index contributed by atoms with van der Waals surface area (Å²) >= 11 is 0. The highest BCUT2D eigenvalue weighted by Gasteiger charge is 2.61. The summed E-state index contributed by atoms with van der Waals surface area (Å²) in [4.78, 5) is 34.9. The number of aromatic nitrogens is 1. The number of carbonyl (C=O) groups excluding carboxylic acids is 2. The number of anilines is 1. The third kappa shape index (κ3) is 3.99. The van der Waals surface area contributed by atoms with Gasteiger partial charge in [0.25, 0.3) is 0 Å². The van der Waals surface area contributed by atoms with Crippen LogP contribution in [0.25, 0.3) is 0 Å². The van der Waals surface area contributed by atoms with Crippen LogP contribution in [0.4, 0.5) is 5.82 Å². The van der Waals surface area contributed by atoms with E-state index in [4.69, 9.17) is 4.74 Å². The van der Waals surface area contributed by atoms with E-state index >= 15 is 0 Å². The Hall–Kier alpha value is -2.89. The van der Waals surface area contributed by atoms with Gasteiger partial charge >= 0.3 is 5.97 Å². The summed E-state index contributed by atoms with van der Waals surface area (Å²) in [6.45, 7) is 7.30. The number of carbonyl (C=O) groups is 2. The number of esters is 1. The van der Waals surface area contributed by atoms with Crippen LogP contribution >= 0.6 is 0 Å². The van der Waals surface area contributed by atoms with Crippen molar-refractivity contribution in [3.63, 3.8) is 0 Å². The molecule has 2 unspecified atom stereocenters. The number of benzene rings is 1. The summed E-state index contributed by atoms with van der Waals surface area (Å²) in [7, 11) is 0. The summed E-state index contributed by atoms with van der Waals surface area (Å²) < 4.78 is 5.06. The largest absolute Gasteiger partial charge is 0.462 e. The number of piperazine rings is 1. The minimum atomic E-state index is -0.342. The van der Waals surface area contributed by atoms with Gasteiger partial charge in [-0.05, 0) is 87.3 Å². The predicted octanol–water partition coefficient (Wildman–Crippen LogP) is 4.75. The van der Waals surface area contributed by atoms with Crippen LogP contribution in [-0.4, -0.2) is 54.5 Å². The minimum Gasteiger partial charge on any atom is -0.462 e. The molecule has 36 heavy (non-hydrogen) atoms. The molecule has 5 fully saturated rings. The average molecular weight is 488 g/mol. The number of hydrogen-bond acceptors (Lipinski definition) is 5. The fourth-order valence-electron chi connectivity index (χ4n) is 8.14. The van der Waals surface area contributed by atoms with Gasteiger partial charge in [-0.2, -0.15) is 0 Å². The van der Waals surface area contributed by atoms with E-state index in [0.717, 1.165) is 51.3 Å². The van der Waals surface area contributed by atoms with E-state index in [2.05, 4.69) is 46.0 Å². The third-order valence-corrected chi connectivity index (χ3v) is 9.33. The van der Waals surface area contributed by atoms with Gasteiger partial charge in [0.15, 0.2) is 0 Å². The van der Waals surface area contributed by atoms with E-state index in [1.807, 2.05) is 6.07 Å². The average Bonchev–Trinajstić information content (AvgIpc) is 2.88. The van der Waals surface area contributed by atoms with Crippen molar-refractivity contribution in [2.24, 2.45) is 17.3 Å². The van der Waals surface area contributed by atoms with Gasteiger partial charge in [0, 0.05) is 32.4 Å². The molecule has 1 aromatic carbocycles. The van der Waals surface area contributed by atoms with Gasteiger partial charge in [-0.25, -0.2) is 9.78 Å². The molecule has 0 N–H and O–H groups in total. The van der Waals surface area contributed by atoms with Crippen molar-refractivity contribution >= 4 is 17.7 Å². The molecule has 6 heteroatoms. The Bertz CT molecular complexity index is 1120. The first kappa shape index (κ1) is 23.5. The summed E-state index contributed by atoms with van der Waals surface area (Å²) in [5, 5.41) is 0. The molecule has 6 nitrogen and oxygen atoms in total. The van der Waals surface area contributed by atoms with Crippen molar-refractivity contribution in [1.29, 1.82) is 0 Å². The Kier molecular flexibility index (Phi) is 5.81. The molecule has 1 amide bonds. The molecule has 1 saturated heterocycles. The monoisotopic (exact) mass is 487 g/mol. The molecule has 1 aromatic heterocycles. The van der Waals surface area contributed by atoms with Crippen LogP contribution in [0.15, 0.2) is 42.6 Å². The van der Waals surface area contributed by atoms with Gasteiger partial charge in [-0.3, -0.25) is 4.79 Å². The Balaban J connectivity index is 1.15. The Morgan fingerprint density at radius 2 is 1.67 bits per heavy atom. The zero-order valence-corrected chi connectivity index (χ0v) is 21.5. The summed E-state index contributed by atoms with van der Waals surface area (Å²) in [5.41, 5.74) is 3.23. The van der Waals surface area contributed by atoms with Crippen LogP contribution in [0.5, 0.6) is 0 Å². The number of amides is 1. The molecule has 7 rings (SSSR count). The summed E-state index contributed by atoms with van der Waals surface area (Å²) in [6, 6.07) is 12.8. The second-order valence-electron chi connectivity index (χ2n) is 11.8. The van der Waals surface area contributed by atoms with E-state index in [1.54, 1.807) is 19.2 Å². The second kappa shape index (κ2) is 8.89. The van der Waals surface area contributed by atoms with Crippen LogP contribution in [0.3, 0.4) is 0 Å². The zero-order chi connectivity index (χ0) is 24.9.